The van der Waals surface area contributed by atoms with E-state index in [0.29, 0.717) is 17.9 Å². The fraction of sp³-hybridized carbons (Fsp3) is 0.667. The van der Waals surface area contributed by atoms with Gasteiger partial charge < -0.3 is 19.5 Å². The lowest BCUT2D eigenvalue weighted by Gasteiger charge is -2.52. The molecular formula is C21H29F2NO4. The number of rotatable bonds is 5. The van der Waals surface area contributed by atoms with Gasteiger partial charge in [0.1, 0.15) is 0 Å². The predicted octanol–water partition coefficient (Wildman–Crippen LogP) is 4.46. The van der Waals surface area contributed by atoms with Gasteiger partial charge in [-0.3, -0.25) is 4.79 Å². The zero-order valence-electron chi connectivity index (χ0n) is 16.8. The highest BCUT2D eigenvalue weighted by Crippen LogP contribution is 2.50. The van der Waals surface area contributed by atoms with Crippen LogP contribution >= 0.6 is 0 Å². The minimum absolute atomic E-state index is 0.00233. The Kier molecular flexibility index (Phi) is 6.12. The molecule has 0 unspecified atom stereocenters. The van der Waals surface area contributed by atoms with Gasteiger partial charge in [0.2, 0.25) is 5.91 Å². The van der Waals surface area contributed by atoms with Crippen LogP contribution in [-0.2, 0) is 9.53 Å². The molecule has 3 rings (SSSR count). The van der Waals surface area contributed by atoms with Gasteiger partial charge in [-0.15, -0.1) is 0 Å². The molecule has 5 atom stereocenters. The van der Waals surface area contributed by atoms with Crippen LogP contribution in [0.2, 0.25) is 0 Å². The van der Waals surface area contributed by atoms with Gasteiger partial charge in [-0.2, -0.15) is 8.78 Å². The van der Waals surface area contributed by atoms with E-state index in [1.165, 1.54) is 14.0 Å². The third-order valence-corrected chi connectivity index (χ3v) is 6.07. The molecule has 1 heterocycles. The smallest absolute Gasteiger partial charge is 0.387 e. The molecule has 1 aromatic carbocycles. The molecule has 0 radical (unpaired) electrons. The number of carbonyl (C=O) groups excluding carboxylic acids is 1. The summed E-state index contributed by atoms with van der Waals surface area (Å²) in [6.45, 7) is 2.76. The van der Waals surface area contributed by atoms with Crippen LogP contribution in [0.4, 0.5) is 8.78 Å². The number of nitrogens with one attached hydrogen (secondary N) is 1. The van der Waals surface area contributed by atoms with E-state index >= 15 is 0 Å². The Morgan fingerprint density at radius 2 is 2.11 bits per heavy atom. The summed E-state index contributed by atoms with van der Waals surface area (Å²) in [6.07, 6.45) is 2.88. The highest BCUT2D eigenvalue weighted by atomic mass is 19.3. The van der Waals surface area contributed by atoms with Crippen LogP contribution in [0.25, 0.3) is 0 Å². The molecule has 1 N–H and O–H groups in total. The lowest BCUT2D eigenvalue weighted by atomic mass is 9.66. The summed E-state index contributed by atoms with van der Waals surface area (Å²) in [5.41, 5.74) is 0.0398. The highest BCUT2D eigenvalue weighted by Gasteiger charge is 2.49. The fourth-order valence-electron chi connectivity index (χ4n) is 4.89. The second-order valence-electron chi connectivity index (χ2n) is 8.25. The Labute approximate surface area is 164 Å². The van der Waals surface area contributed by atoms with Gasteiger partial charge in [0.05, 0.1) is 19.3 Å². The van der Waals surface area contributed by atoms with Gasteiger partial charge >= 0.3 is 6.61 Å². The van der Waals surface area contributed by atoms with E-state index < -0.39 is 18.3 Å². The zero-order chi connectivity index (χ0) is 20.5. The number of carbonyl (C=O) groups is 1. The molecule has 1 aliphatic carbocycles. The number of benzene rings is 1. The van der Waals surface area contributed by atoms with Crippen molar-refractivity contribution in [3.05, 3.63) is 23.8 Å². The summed E-state index contributed by atoms with van der Waals surface area (Å²) in [5, 5.41) is 3.12. The first kappa shape index (κ1) is 20.8. The summed E-state index contributed by atoms with van der Waals surface area (Å²) < 4.78 is 42.6. The number of fused-ring (bicyclic) bond motifs is 1. The number of amides is 1. The molecule has 7 heteroatoms. The van der Waals surface area contributed by atoms with Gasteiger partial charge in [0.25, 0.3) is 0 Å². The molecular weight excluding hydrogens is 368 g/mol. The molecule has 1 saturated carbocycles. The van der Waals surface area contributed by atoms with E-state index in [-0.39, 0.29) is 29.4 Å². The first-order valence-corrected chi connectivity index (χ1v) is 9.79. The van der Waals surface area contributed by atoms with Crippen LogP contribution in [0.3, 0.4) is 0 Å². The van der Waals surface area contributed by atoms with Crippen molar-refractivity contribution < 1.29 is 27.8 Å². The minimum Gasteiger partial charge on any atom is -0.493 e. The second-order valence-corrected chi connectivity index (χ2v) is 8.25. The third kappa shape index (κ3) is 4.24. The number of ether oxygens (including phenoxy) is 3. The topological polar surface area (TPSA) is 56.8 Å². The van der Waals surface area contributed by atoms with E-state index in [9.17, 15) is 13.6 Å². The number of para-hydroxylation sites is 1. The standard InChI is InChI=1S/C21H29F2NO4/c1-12-8-9-15-17(10-12)27-18(11-21(15,3)24-13(2)25)14-6-5-7-16(26-4)19(14)28-20(22)23/h5-7,12,15,17-18,20H,8-11H2,1-4H3,(H,24,25)/t12-,15-,17-,18-,21+/m1/s1. The molecule has 0 spiro atoms. The van der Waals surface area contributed by atoms with Crippen LogP contribution in [0.1, 0.15) is 58.1 Å². The number of hydrogen-bond acceptors (Lipinski definition) is 4. The number of halogens is 2. The van der Waals surface area contributed by atoms with Crippen LogP contribution in [0, 0.1) is 11.8 Å². The second kappa shape index (κ2) is 8.23. The maximum Gasteiger partial charge on any atom is 0.387 e. The molecule has 1 aliphatic heterocycles. The van der Waals surface area contributed by atoms with Gasteiger partial charge in [0.15, 0.2) is 11.5 Å². The molecule has 1 saturated heterocycles. The Bertz CT molecular complexity index is 714. The largest absolute Gasteiger partial charge is 0.493 e. The van der Waals surface area contributed by atoms with Crippen molar-refractivity contribution in [1.29, 1.82) is 0 Å². The van der Waals surface area contributed by atoms with Crippen LogP contribution in [0.15, 0.2) is 18.2 Å². The first-order chi connectivity index (χ1) is 13.2. The Morgan fingerprint density at radius 3 is 2.75 bits per heavy atom. The van der Waals surface area contributed by atoms with Gasteiger partial charge in [-0.1, -0.05) is 25.5 Å². The molecule has 0 aromatic heterocycles. The van der Waals surface area contributed by atoms with Crippen LogP contribution in [0.5, 0.6) is 11.5 Å². The van der Waals surface area contributed by atoms with E-state index in [2.05, 4.69) is 12.2 Å². The van der Waals surface area contributed by atoms with Crippen molar-refractivity contribution >= 4 is 5.91 Å². The SMILES string of the molecule is COc1cccc([C@H]2C[C@](C)(NC(C)=O)[C@@H]3CC[C@@H](C)C[C@H]3O2)c1OC(F)F. The van der Waals surface area contributed by atoms with Crippen LogP contribution < -0.4 is 14.8 Å². The van der Waals surface area contributed by atoms with Gasteiger partial charge in [0, 0.05) is 30.4 Å². The molecule has 156 valence electrons. The zero-order valence-corrected chi connectivity index (χ0v) is 16.8. The van der Waals surface area contributed by atoms with E-state index in [1.807, 2.05) is 6.92 Å². The lowest BCUT2D eigenvalue weighted by molar-refractivity contribution is -0.154. The Hall–Kier alpha value is -1.89. The fourth-order valence-corrected chi connectivity index (χ4v) is 4.89. The van der Waals surface area contributed by atoms with E-state index in [4.69, 9.17) is 14.2 Å². The van der Waals surface area contributed by atoms with Crippen molar-refractivity contribution in [3.8, 4) is 11.5 Å². The Balaban J connectivity index is 1.99. The summed E-state index contributed by atoms with van der Waals surface area (Å²) >= 11 is 0. The average molecular weight is 397 g/mol. The van der Waals surface area contributed by atoms with Gasteiger partial charge in [-0.25, -0.2) is 0 Å². The molecule has 2 aliphatic rings. The first-order valence-electron chi connectivity index (χ1n) is 9.79. The van der Waals surface area contributed by atoms with Crippen molar-refractivity contribution in [3.63, 3.8) is 0 Å². The summed E-state index contributed by atoms with van der Waals surface area (Å²) in [4.78, 5) is 11.9. The molecule has 0 bridgehead atoms. The molecule has 2 fully saturated rings. The molecule has 1 aromatic rings. The lowest BCUT2D eigenvalue weighted by Crippen LogP contribution is -2.60. The molecule has 1 amide bonds. The monoisotopic (exact) mass is 397 g/mol. The third-order valence-electron chi connectivity index (χ3n) is 6.07. The maximum atomic E-state index is 13.1. The number of hydrogen-bond donors (Lipinski definition) is 1. The van der Waals surface area contributed by atoms with E-state index in [0.717, 1.165) is 19.3 Å². The Morgan fingerprint density at radius 1 is 1.36 bits per heavy atom. The van der Waals surface area contributed by atoms with Crippen LogP contribution in [-0.4, -0.2) is 31.3 Å². The highest BCUT2D eigenvalue weighted by molar-refractivity contribution is 5.74. The quantitative estimate of drug-likeness (QED) is 0.797. The maximum absolute atomic E-state index is 13.1. The normalized spacial score (nSPS) is 32.5. The van der Waals surface area contributed by atoms with E-state index in [1.54, 1.807) is 18.2 Å². The summed E-state index contributed by atoms with van der Waals surface area (Å²) in [6, 6.07) is 5.05. The number of methoxy groups -OCH3 is 1. The minimum atomic E-state index is -2.97. The predicted molar refractivity (Wildman–Crippen MR) is 101 cm³/mol. The molecule has 28 heavy (non-hydrogen) atoms. The van der Waals surface area contributed by atoms with Crippen molar-refractivity contribution in [2.45, 2.75) is 70.8 Å². The van der Waals surface area contributed by atoms with Crippen molar-refractivity contribution in [2.24, 2.45) is 11.8 Å². The van der Waals surface area contributed by atoms with Crippen molar-refractivity contribution in [2.75, 3.05) is 7.11 Å². The number of alkyl halides is 2. The van der Waals surface area contributed by atoms with Crippen molar-refractivity contribution in [1.82, 2.24) is 5.32 Å². The summed E-state index contributed by atoms with van der Waals surface area (Å²) in [5.74, 6) is 0.840. The average Bonchev–Trinajstić information content (AvgIpc) is 2.60. The van der Waals surface area contributed by atoms with Gasteiger partial charge in [-0.05, 0) is 31.7 Å². The summed E-state index contributed by atoms with van der Waals surface area (Å²) in [7, 11) is 1.42. The molecule has 5 nitrogen and oxygen atoms in total.